The standard InChI is InChI=1S/C18H17F3N6O2/c1-25-16(18(19,20)21)24-27(17(25)29)12-4-8-26(9-5-12)15(28)11-2-3-13-14(10-11)23-7-6-22-13/h2-3,6-7,10,12H,4-5,8-9H2,1H3. The van der Waals surface area contributed by atoms with E-state index >= 15 is 0 Å². The van der Waals surface area contributed by atoms with E-state index in [1.54, 1.807) is 35.5 Å². The largest absolute Gasteiger partial charge is 0.451 e. The number of halogens is 3. The summed E-state index contributed by atoms with van der Waals surface area (Å²) in [7, 11) is 1.05. The monoisotopic (exact) mass is 406 g/mol. The SMILES string of the molecule is Cn1c(C(F)(F)F)nn(C2CCN(C(=O)c3ccc4nccnc4c3)CC2)c1=O. The van der Waals surface area contributed by atoms with Crippen molar-refractivity contribution >= 4 is 16.9 Å². The summed E-state index contributed by atoms with van der Waals surface area (Å²) in [4.78, 5) is 34.9. The number of nitrogens with zero attached hydrogens (tertiary/aromatic N) is 6. The summed E-state index contributed by atoms with van der Waals surface area (Å²) in [6, 6.07) is 4.56. The Morgan fingerprint density at radius 1 is 1.10 bits per heavy atom. The van der Waals surface area contributed by atoms with Crippen LogP contribution in [0.1, 0.15) is 35.1 Å². The highest BCUT2D eigenvalue weighted by Crippen LogP contribution is 2.28. The summed E-state index contributed by atoms with van der Waals surface area (Å²) < 4.78 is 40.3. The van der Waals surface area contributed by atoms with Crippen molar-refractivity contribution in [3.8, 4) is 0 Å². The van der Waals surface area contributed by atoms with Gasteiger partial charge in [-0.05, 0) is 31.0 Å². The normalized spacial score (nSPS) is 15.8. The van der Waals surface area contributed by atoms with Crippen LogP contribution in [0.4, 0.5) is 13.2 Å². The fraction of sp³-hybridized carbons (Fsp3) is 0.389. The first-order valence-corrected chi connectivity index (χ1v) is 8.98. The maximum Gasteiger partial charge on any atom is 0.451 e. The van der Waals surface area contributed by atoms with E-state index in [9.17, 15) is 22.8 Å². The molecule has 11 heteroatoms. The van der Waals surface area contributed by atoms with E-state index in [0.717, 1.165) is 11.7 Å². The molecule has 1 aliphatic rings. The Morgan fingerprint density at radius 2 is 1.76 bits per heavy atom. The molecule has 2 aromatic heterocycles. The predicted molar refractivity (Wildman–Crippen MR) is 96.2 cm³/mol. The fourth-order valence-electron chi connectivity index (χ4n) is 3.53. The minimum Gasteiger partial charge on any atom is -0.338 e. The van der Waals surface area contributed by atoms with Crippen molar-refractivity contribution in [2.75, 3.05) is 13.1 Å². The molecule has 1 aliphatic heterocycles. The van der Waals surface area contributed by atoms with E-state index in [4.69, 9.17) is 0 Å². The van der Waals surface area contributed by atoms with Gasteiger partial charge in [-0.15, -0.1) is 5.10 Å². The molecule has 4 rings (SSSR count). The van der Waals surface area contributed by atoms with Gasteiger partial charge in [0.1, 0.15) is 0 Å². The van der Waals surface area contributed by atoms with Crippen molar-refractivity contribution in [2.45, 2.75) is 25.1 Å². The minimum atomic E-state index is -4.70. The maximum absolute atomic E-state index is 13.0. The van der Waals surface area contributed by atoms with Gasteiger partial charge in [0.05, 0.1) is 17.1 Å². The number of likely N-dealkylation sites (tertiary alicyclic amines) is 1. The number of amides is 1. The van der Waals surface area contributed by atoms with Crippen molar-refractivity contribution in [3.63, 3.8) is 0 Å². The second kappa shape index (κ2) is 6.98. The van der Waals surface area contributed by atoms with Crippen molar-refractivity contribution in [1.82, 2.24) is 29.2 Å². The Kier molecular flexibility index (Phi) is 4.59. The lowest BCUT2D eigenvalue weighted by atomic mass is 10.0. The summed E-state index contributed by atoms with van der Waals surface area (Å²) in [6.07, 6.45) is -0.907. The van der Waals surface area contributed by atoms with Crippen LogP contribution in [0.5, 0.6) is 0 Å². The van der Waals surface area contributed by atoms with Gasteiger partial charge in [0.2, 0.25) is 5.82 Å². The molecule has 1 aromatic carbocycles. The molecule has 3 aromatic rings. The summed E-state index contributed by atoms with van der Waals surface area (Å²) in [5, 5.41) is 3.49. The van der Waals surface area contributed by atoms with E-state index in [0.29, 0.717) is 47.1 Å². The van der Waals surface area contributed by atoms with E-state index < -0.39 is 23.7 Å². The number of benzene rings is 1. The molecule has 0 bridgehead atoms. The quantitative estimate of drug-likeness (QED) is 0.650. The molecule has 0 aliphatic carbocycles. The molecule has 0 atom stereocenters. The lowest BCUT2D eigenvalue weighted by molar-refractivity contribution is -0.147. The number of rotatable bonds is 2. The number of hydrogen-bond donors (Lipinski definition) is 0. The van der Waals surface area contributed by atoms with Gasteiger partial charge in [0, 0.05) is 38.1 Å². The number of fused-ring (bicyclic) bond motifs is 1. The topological polar surface area (TPSA) is 85.9 Å². The van der Waals surface area contributed by atoms with Crippen LogP contribution in [0.15, 0.2) is 35.4 Å². The Labute approximate surface area is 162 Å². The van der Waals surface area contributed by atoms with E-state index in [2.05, 4.69) is 15.1 Å². The second-order valence-corrected chi connectivity index (χ2v) is 6.89. The lowest BCUT2D eigenvalue weighted by Gasteiger charge is -2.31. The Bertz CT molecular complexity index is 1130. The molecule has 1 amide bonds. The molecule has 29 heavy (non-hydrogen) atoms. The molecular formula is C18H17F3N6O2. The van der Waals surface area contributed by atoms with Crippen LogP contribution < -0.4 is 5.69 Å². The molecule has 0 saturated carbocycles. The number of carbonyl (C=O) groups is 1. The molecule has 8 nitrogen and oxygen atoms in total. The van der Waals surface area contributed by atoms with Crippen LogP contribution in [-0.2, 0) is 13.2 Å². The third-order valence-corrected chi connectivity index (χ3v) is 5.07. The Hall–Kier alpha value is -3.24. The van der Waals surface area contributed by atoms with Crippen LogP contribution in [0, 0.1) is 0 Å². The highest BCUT2D eigenvalue weighted by Gasteiger charge is 2.39. The average Bonchev–Trinajstić information content (AvgIpc) is 3.02. The van der Waals surface area contributed by atoms with E-state index in [1.807, 2.05) is 0 Å². The van der Waals surface area contributed by atoms with Gasteiger partial charge < -0.3 is 4.90 Å². The highest BCUT2D eigenvalue weighted by atomic mass is 19.4. The number of hydrogen-bond acceptors (Lipinski definition) is 5. The van der Waals surface area contributed by atoms with E-state index in [1.165, 1.54) is 0 Å². The lowest BCUT2D eigenvalue weighted by Crippen LogP contribution is -2.41. The van der Waals surface area contributed by atoms with Gasteiger partial charge in [-0.1, -0.05) is 0 Å². The molecule has 1 fully saturated rings. The number of alkyl halides is 3. The third kappa shape index (κ3) is 3.47. The molecule has 0 N–H and O–H groups in total. The van der Waals surface area contributed by atoms with E-state index in [-0.39, 0.29) is 5.91 Å². The summed E-state index contributed by atoms with van der Waals surface area (Å²) >= 11 is 0. The van der Waals surface area contributed by atoms with Crippen LogP contribution in [0.25, 0.3) is 11.0 Å². The first kappa shape index (κ1) is 19.1. The molecule has 152 valence electrons. The van der Waals surface area contributed by atoms with Crippen LogP contribution >= 0.6 is 0 Å². The maximum atomic E-state index is 13.0. The van der Waals surface area contributed by atoms with Crippen molar-refractivity contribution in [2.24, 2.45) is 7.05 Å². The second-order valence-electron chi connectivity index (χ2n) is 6.89. The first-order chi connectivity index (χ1) is 13.8. The molecular weight excluding hydrogens is 389 g/mol. The molecule has 3 heterocycles. The van der Waals surface area contributed by atoms with Gasteiger partial charge in [-0.3, -0.25) is 19.3 Å². The zero-order valence-corrected chi connectivity index (χ0v) is 15.4. The van der Waals surface area contributed by atoms with Crippen LogP contribution in [0.2, 0.25) is 0 Å². The third-order valence-electron chi connectivity index (χ3n) is 5.07. The number of piperidine rings is 1. The van der Waals surface area contributed by atoms with Crippen molar-refractivity contribution in [1.29, 1.82) is 0 Å². The number of carbonyl (C=O) groups excluding carboxylic acids is 1. The summed E-state index contributed by atoms with van der Waals surface area (Å²) in [5.41, 5.74) is 0.937. The van der Waals surface area contributed by atoms with Gasteiger partial charge in [-0.25, -0.2) is 9.48 Å². The van der Waals surface area contributed by atoms with Gasteiger partial charge in [0.15, 0.2) is 0 Å². The van der Waals surface area contributed by atoms with Crippen molar-refractivity contribution < 1.29 is 18.0 Å². The van der Waals surface area contributed by atoms with Gasteiger partial charge in [0.25, 0.3) is 5.91 Å². The number of aromatic nitrogens is 5. The fourth-order valence-corrected chi connectivity index (χ4v) is 3.53. The summed E-state index contributed by atoms with van der Waals surface area (Å²) in [5.74, 6) is -1.42. The van der Waals surface area contributed by atoms with Crippen LogP contribution in [-0.4, -0.2) is 48.2 Å². The van der Waals surface area contributed by atoms with Gasteiger partial charge in [-0.2, -0.15) is 13.2 Å². The zero-order chi connectivity index (χ0) is 20.8. The average molecular weight is 406 g/mol. The van der Waals surface area contributed by atoms with Gasteiger partial charge >= 0.3 is 11.9 Å². The summed E-state index contributed by atoms with van der Waals surface area (Å²) in [6.45, 7) is 0.624. The first-order valence-electron chi connectivity index (χ1n) is 8.98. The highest BCUT2D eigenvalue weighted by molar-refractivity contribution is 5.97. The smallest absolute Gasteiger partial charge is 0.338 e. The molecule has 1 saturated heterocycles. The zero-order valence-electron chi connectivity index (χ0n) is 15.4. The molecule has 0 unspecified atom stereocenters. The minimum absolute atomic E-state index is 0.194. The predicted octanol–water partition coefficient (Wildman–Crippen LogP) is 2.02. The van der Waals surface area contributed by atoms with Crippen LogP contribution in [0.3, 0.4) is 0 Å². The Morgan fingerprint density at radius 3 is 2.38 bits per heavy atom. The molecule has 0 radical (unpaired) electrons. The Balaban J connectivity index is 1.49. The van der Waals surface area contributed by atoms with Crippen molar-refractivity contribution in [3.05, 3.63) is 52.5 Å². The molecule has 0 spiro atoms.